The van der Waals surface area contributed by atoms with E-state index in [0.29, 0.717) is 17.3 Å². The molecular formula is C23H21ClN4O4S. The van der Waals surface area contributed by atoms with Crippen LogP contribution in [0.15, 0.2) is 71.6 Å². The number of hydrogen-bond acceptors (Lipinski definition) is 5. The summed E-state index contributed by atoms with van der Waals surface area (Å²) in [6.45, 7) is 0.132. The Balaban J connectivity index is 1.54. The minimum absolute atomic E-state index is 0.0528. The Hall–Kier alpha value is -3.56. The molecule has 0 saturated carbocycles. The summed E-state index contributed by atoms with van der Waals surface area (Å²) in [4.78, 5) is 20.3. The molecular weight excluding hydrogens is 464 g/mol. The molecule has 33 heavy (non-hydrogen) atoms. The van der Waals surface area contributed by atoms with E-state index in [0.717, 1.165) is 15.3 Å². The van der Waals surface area contributed by atoms with Crippen molar-refractivity contribution < 1.29 is 17.9 Å². The lowest BCUT2D eigenvalue weighted by molar-refractivity contribution is 0.0950. The quantitative estimate of drug-likeness (QED) is 0.413. The molecule has 1 heterocycles. The Labute approximate surface area is 196 Å². The average molecular weight is 485 g/mol. The Bertz CT molecular complexity index is 1390. The fraction of sp³-hybridized carbons (Fsp3) is 0.130. The van der Waals surface area contributed by atoms with Crippen molar-refractivity contribution >= 4 is 44.3 Å². The van der Waals surface area contributed by atoms with Crippen LogP contribution in [-0.4, -0.2) is 38.5 Å². The number of aromatic nitrogens is 2. The van der Waals surface area contributed by atoms with Gasteiger partial charge in [-0.05, 0) is 54.6 Å². The van der Waals surface area contributed by atoms with Crippen molar-refractivity contribution in [2.75, 3.05) is 18.5 Å². The summed E-state index contributed by atoms with van der Waals surface area (Å²) in [6.07, 6.45) is 0. The van der Waals surface area contributed by atoms with Gasteiger partial charge in [0.25, 0.3) is 15.9 Å². The number of carbonyl (C=O) groups excluding carboxylic acids is 1. The van der Waals surface area contributed by atoms with Crippen LogP contribution in [0, 0.1) is 0 Å². The fourth-order valence-electron chi connectivity index (χ4n) is 3.28. The number of nitrogens with zero attached hydrogens (tertiary/aromatic N) is 2. The van der Waals surface area contributed by atoms with Gasteiger partial charge in [0.2, 0.25) is 0 Å². The van der Waals surface area contributed by atoms with Crippen molar-refractivity contribution in [3.63, 3.8) is 0 Å². The monoisotopic (exact) mass is 484 g/mol. The van der Waals surface area contributed by atoms with Gasteiger partial charge in [0.1, 0.15) is 11.6 Å². The van der Waals surface area contributed by atoms with E-state index in [1.165, 1.54) is 32.4 Å². The summed E-state index contributed by atoms with van der Waals surface area (Å²) >= 11 is 6.21. The van der Waals surface area contributed by atoms with E-state index in [4.69, 9.17) is 16.3 Å². The number of ether oxygens (including phenoxy) is 1. The molecule has 0 aliphatic carbocycles. The van der Waals surface area contributed by atoms with Gasteiger partial charge < -0.3 is 15.0 Å². The number of carbonyl (C=O) groups is 1. The van der Waals surface area contributed by atoms with E-state index < -0.39 is 15.9 Å². The Kier molecular flexibility index (Phi) is 6.26. The van der Waals surface area contributed by atoms with Crippen LogP contribution in [0.4, 0.5) is 5.69 Å². The molecule has 0 saturated heterocycles. The van der Waals surface area contributed by atoms with Gasteiger partial charge in [-0.3, -0.25) is 9.10 Å². The third-order valence-corrected chi connectivity index (χ3v) is 7.24. The smallest absolute Gasteiger partial charge is 0.264 e. The number of para-hydroxylation sites is 2. The first kappa shape index (κ1) is 22.6. The molecule has 3 aromatic carbocycles. The molecule has 0 aliphatic rings. The number of halogens is 1. The standard InChI is InChI=1S/C23H21ClN4O4S/c1-28(15-7-9-16(32-2)10-8-15)33(30,31)17-11-12-19(24)18(13-17)23(29)25-14-22-26-20-5-3-4-6-21(20)27-22/h3-13H,14H2,1-2H3,(H,25,29)(H,26,27). The predicted molar refractivity (Wildman–Crippen MR) is 127 cm³/mol. The first-order valence-corrected chi connectivity index (χ1v) is 11.8. The molecule has 170 valence electrons. The Morgan fingerprint density at radius 3 is 2.55 bits per heavy atom. The number of hydrogen-bond donors (Lipinski definition) is 2. The van der Waals surface area contributed by atoms with Gasteiger partial charge >= 0.3 is 0 Å². The van der Waals surface area contributed by atoms with E-state index in [1.54, 1.807) is 24.3 Å². The lowest BCUT2D eigenvalue weighted by Crippen LogP contribution is -2.28. The molecule has 2 N–H and O–H groups in total. The van der Waals surface area contributed by atoms with Gasteiger partial charge in [-0.15, -0.1) is 0 Å². The van der Waals surface area contributed by atoms with Crippen LogP contribution < -0.4 is 14.4 Å². The minimum Gasteiger partial charge on any atom is -0.497 e. The molecule has 0 bridgehead atoms. The normalized spacial score (nSPS) is 11.4. The van der Waals surface area contributed by atoms with E-state index in [2.05, 4.69) is 15.3 Å². The minimum atomic E-state index is -3.93. The first-order chi connectivity index (χ1) is 15.8. The SMILES string of the molecule is COc1ccc(N(C)S(=O)(=O)c2ccc(Cl)c(C(=O)NCc3nc4ccccc4[nH]3)c2)cc1. The number of rotatable bonds is 7. The van der Waals surface area contributed by atoms with E-state index >= 15 is 0 Å². The number of amides is 1. The van der Waals surface area contributed by atoms with Gasteiger partial charge in [-0.2, -0.15) is 0 Å². The Morgan fingerprint density at radius 1 is 1.12 bits per heavy atom. The summed E-state index contributed by atoms with van der Waals surface area (Å²) in [5.74, 6) is 0.674. The second-order valence-electron chi connectivity index (χ2n) is 7.20. The zero-order chi connectivity index (χ0) is 23.6. The first-order valence-electron chi connectivity index (χ1n) is 9.94. The zero-order valence-corrected chi connectivity index (χ0v) is 19.4. The second kappa shape index (κ2) is 9.13. The fourth-order valence-corrected chi connectivity index (χ4v) is 4.70. The molecule has 0 unspecified atom stereocenters. The van der Waals surface area contributed by atoms with Crippen LogP contribution in [0.1, 0.15) is 16.2 Å². The van der Waals surface area contributed by atoms with E-state index in [-0.39, 0.29) is 22.0 Å². The lowest BCUT2D eigenvalue weighted by atomic mass is 10.2. The Morgan fingerprint density at radius 2 is 1.85 bits per heavy atom. The van der Waals surface area contributed by atoms with Crippen molar-refractivity contribution in [3.05, 3.63) is 83.1 Å². The molecule has 8 nitrogen and oxygen atoms in total. The molecule has 0 aliphatic heterocycles. The number of anilines is 1. The summed E-state index contributed by atoms with van der Waals surface area (Å²) in [6, 6.07) is 18.1. The zero-order valence-electron chi connectivity index (χ0n) is 17.9. The molecule has 0 radical (unpaired) electrons. The summed E-state index contributed by atoms with van der Waals surface area (Å²) in [5.41, 5.74) is 2.14. The summed E-state index contributed by atoms with van der Waals surface area (Å²) < 4.78 is 32.6. The topological polar surface area (TPSA) is 104 Å². The highest BCUT2D eigenvalue weighted by Crippen LogP contribution is 2.27. The lowest BCUT2D eigenvalue weighted by Gasteiger charge is -2.20. The van der Waals surface area contributed by atoms with Crippen LogP contribution in [0.3, 0.4) is 0 Å². The van der Waals surface area contributed by atoms with Crippen molar-refractivity contribution in [2.24, 2.45) is 0 Å². The molecule has 4 rings (SSSR count). The maximum atomic E-state index is 13.2. The average Bonchev–Trinajstić information content (AvgIpc) is 3.25. The number of nitrogens with one attached hydrogen (secondary N) is 2. The molecule has 0 fully saturated rings. The second-order valence-corrected chi connectivity index (χ2v) is 9.57. The maximum Gasteiger partial charge on any atom is 0.264 e. The summed E-state index contributed by atoms with van der Waals surface area (Å²) in [5, 5.41) is 2.87. The van der Waals surface area contributed by atoms with Crippen LogP contribution in [0.2, 0.25) is 5.02 Å². The molecule has 0 atom stereocenters. The van der Waals surface area contributed by atoms with Gasteiger partial charge in [-0.25, -0.2) is 13.4 Å². The maximum absolute atomic E-state index is 13.2. The highest BCUT2D eigenvalue weighted by atomic mass is 35.5. The van der Waals surface area contributed by atoms with E-state index in [1.807, 2.05) is 24.3 Å². The van der Waals surface area contributed by atoms with Crippen molar-refractivity contribution in [2.45, 2.75) is 11.4 Å². The highest BCUT2D eigenvalue weighted by molar-refractivity contribution is 7.92. The van der Waals surface area contributed by atoms with Gasteiger partial charge in [0, 0.05) is 7.05 Å². The third kappa shape index (κ3) is 4.64. The van der Waals surface area contributed by atoms with Crippen LogP contribution in [-0.2, 0) is 16.6 Å². The van der Waals surface area contributed by atoms with Gasteiger partial charge in [0.15, 0.2) is 0 Å². The van der Waals surface area contributed by atoms with Crippen molar-refractivity contribution in [1.82, 2.24) is 15.3 Å². The van der Waals surface area contributed by atoms with Gasteiger partial charge in [0.05, 0.1) is 45.9 Å². The number of benzene rings is 3. The number of imidazole rings is 1. The number of H-pyrrole nitrogens is 1. The molecule has 1 amide bonds. The highest BCUT2D eigenvalue weighted by Gasteiger charge is 2.24. The predicted octanol–water partition coefficient (Wildman–Crippen LogP) is 3.98. The van der Waals surface area contributed by atoms with Crippen LogP contribution in [0.25, 0.3) is 11.0 Å². The van der Waals surface area contributed by atoms with Gasteiger partial charge in [-0.1, -0.05) is 23.7 Å². The van der Waals surface area contributed by atoms with Crippen LogP contribution in [0.5, 0.6) is 5.75 Å². The molecule has 10 heteroatoms. The van der Waals surface area contributed by atoms with Crippen molar-refractivity contribution in [3.8, 4) is 5.75 Å². The number of fused-ring (bicyclic) bond motifs is 1. The molecule has 1 aromatic heterocycles. The largest absolute Gasteiger partial charge is 0.497 e. The molecule has 4 aromatic rings. The number of aromatic amines is 1. The summed E-state index contributed by atoms with van der Waals surface area (Å²) in [7, 11) is -0.964. The van der Waals surface area contributed by atoms with Crippen LogP contribution >= 0.6 is 11.6 Å². The number of sulfonamides is 1. The third-order valence-electron chi connectivity index (χ3n) is 5.13. The van der Waals surface area contributed by atoms with Crippen molar-refractivity contribution in [1.29, 1.82) is 0 Å². The van der Waals surface area contributed by atoms with E-state index in [9.17, 15) is 13.2 Å². The number of methoxy groups -OCH3 is 1. The molecule has 0 spiro atoms.